The van der Waals surface area contributed by atoms with E-state index >= 15 is 0 Å². The van der Waals surface area contributed by atoms with Crippen LogP contribution < -0.4 is 16.0 Å². The topological polar surface area (TPSA) is 60.2 Å². The van der Waals surface area contributed by atoms with E-state index in [1.54, 1.807) is 31.3 Å². The van der Waals surface area contributed by atoms with Gasteiger partial charge in [-0.15, -0.1) is 0 Å². The molecule has 1 aromatic heterocycles. The molecule has 2 rings (SSSR count). The van der Waals surface area contributed by atoms with Gasteiger partial charge < -0.3 is 10.2 Å². The molecule has 0 radical (unpaired) electrons. The molecule has 0 aliphatic rings. The van der Waals surface area contributed by atoms with Crippen molar-refractivity contribution in [1.29, 1.82) is 0 Å². The third kappa shape index (κ3) is 2.75. The van der Waals surface area contributed by atoms with Crippen molar-refractivity contribution in [2.45, 2.75) is 13.5 Å². The zero-order chi connectivity index (χ0) is 13.0. The molecule has 0 saturated carbocycles. The SMILES string of the molecule is Cc1cc(OCc2cccnc2NN)ccc1F. The molecule has 0 aliphatic carbocycles. The van der Waals surface area contributed by atoms with Gasteiger partial charge in [0.15, 0.2) is 0 Å². The number of ether oxygens (including phenoxy) is 1. The molecule has 0 saturated heterocycles. The highest BCUT2D eigenvalue weighted by Crippen LogP contribution is 2.18. The number of benzene rings is 1. The standard InChI is InChI=1S/C13H14FN3O/c1-9-7-11(4-5-12(9)14)18-8-10-3-2-6-16-13(10)17-15/h2-7H,8,15H2,1H3,(H,16,17). The lowest BCUT2D eigenvalue weighted by Gasteiger charge is -2.10. The van der Waals surface area contributed by atoms with Crippen molar-refractivity contribution < 1.29 is 9.13 Å². The number of hydrogen-bond donors (Lipinski definition) is 2. The fourth-order valence-electron chi connectivity index (χ4n) is 1.55. The molecule has 1 heterocycles. The van der Waals surface area contributed by atoms with Crippen LogP contribution in [0.3, 0.4) is 0 Å². The third-order valence-corrected chi connectivity index (χ3v) is 2.55. The van der Waals surface area contributed by atoms with Gasteiger partial charge in [-0.1, -0.05) is 6.07 Å². The molecule has 18 heavy (non-hydrogen) atoms. The lowest BCUT2D eigenvalue weighted by Crippen LogP contribution is -2.12. The maximum absolute atomic E-state index is 13.1. The number of nitrogens with one attached hydrogen (secondary N) is 1. The number of nitrogen functional groups attached to an aromatic ring is 1. The van der Waals surface area contributed by atoms with Crippen molar-refractivity contribution in [3.05, 3.63) is 53.5 Å². The number of anilines is 1. The number of hydrazine groups is 1. The molecule has 0 amide bonds. The van der Waals surface area contributed by atoms with Crippen LogP contribution in [0.25, 0.3) is 0 Å². The fourth-order valence-corrected chi connectivity index (χ4v) is 1.55. The summed E-state index contributed by atoms with van der Waals surface area (Å²) in [6.07, 6.45) is 1.64. The summed E-state index contributed by atoms with van der Waals surface area (Å²) in [6.45, 7) is 2.01. The number of nitrogens with zero attached hydrogens (tertiary/aromatic N) is 1. The van der Waals surface area contributed by atoms with Gasteiger partial charge in [0, 0.05) is 11.8 Å². The summed E-state index contributed by atoms with van der Waals surface area (Å²) in [5, 5.41) is 0. The molecule has 94 valence electrons. The third-order valence-electron chi connectivity index (χ3n) is 2.55. The van der Waals surface area contributed by atoms with Crippen molar-refractivity contribution in [3.63, 3.8) is 0 Å². The number of aromatic nitrogens is 1. The molecule has 1 aromatic carbocycles. The van der Waals surface area contributed by atoms with Crippen LogP contribution in [0, 0.1) is 12.7 Å². The number of pyridine rings is 1. The molecule has 0 bridgehead atoms. The lowest BCUT2D eigenvalue weighted by molar-refractivity contribution is 0.305. The fraction of sp³-hybridized carbons (Fsp3) is 0.154. The summed E-state index contributed by atoms with van der Waals surface area (Å²) in [5.41, 5.74) is 3.89. The van der Waals surface area contributed by atoms with E-state index in [0.717, 1.165) is 5.56 Å². The van der Waals surface area contributed by atoms with Gasteiger partial charge in [0.25, 0.3) is 0 Å². The Bertz CT molecular complexity index is 546. The van der Waals surface area contributed by atoms with Crippen molar-refractivity contribution in [1.82, 2.24) is 4.98 Å². The van der Waals surface area contributed by atoms with E-state index in [2.05, 4.69) is 10.4 Å². The summed E-state index contributed by atoms with van der Waals surface area (Å²) in [6, 6.07) is 8.29. The molecule has 2 aromatic rings. The van der Waals surface area contributed by atoms with Crippen LogP contribution in [0.15, 0.2) is 36.5 Å². The first kappa shape index (κ1) is 12.3. The highest BCUT2D eigenvalue weighted by atomic mass is 19.1. The second-order valence-electron chi connectivity index (χ2n) is 3.86. The van der Waals surface area contributed by atoms with Gasteiger partial charge in [0.2, 0.25) is 0 Å². The Hall–Kier alpha value is -2.14. The van der Waals surface area contributed by atoms with Gasteiger partial charge in [-0.2, -0.15) is 0 Å². The molecule has 5 heteroatoms. The van der Waals surface area contributed by atoms with E-state index in [1.807, 2.05) is 6.07 Å². The lowest BCUT2D eigenvalue weighted by atomic mass is 10.2. The van der Waals surface area contributed by atoms with E-state index in [1.165, 1.54) is 6.07 Å². The van der Waals surface area contributed by atoms with Crippen LogP contribution in [0.5, 0.6) is 5.75 Å². The van der Waals surface area contributed by atoms with Gasteiger partial charge in [0.05, 0.1) is 0 Å². The van der Waals surface area contributed by atoms with Gasteiger partial charge in [-0.05, 0) is 36.8 Å². The van der Waals surface area contributed by atoms with E-state index in [4.69, 9.17) is 10.6 Å². The Balaban J connectivity index is 2.09. The van der Waals surface area contributed by atoms with Crippen molar-refractivity contribution >= 4 is 5.82 Å². The Morgan fingerprint density at radius 3 is 2.94 bits per heavy atom. The molecule has 0 unspecified atom stereocenters. The first-order valence-electron chi connectivity index (χ1n) is 5.50. The Kier molecular flexibility index (Phi) is 3.74. The number of rotatable bonds is 4. The van der Waals surface area contributed by atoms with Crippen LogP contribution in [0.1, 0.15) is 11.1 Å². The summed E-state index contributed by atoms with van der Waals surface area (Å²) < 4.78 is 18.7. The monoisotopic (exact) mass is 247 g/mol. The number of halogens is 1. The van der Waals surface area contributed by atoms with Gasteiger partial charge in [-0.25, -0.2) is 15.2 Å². The highest BCUT2D eigenvalue weighted by Gasteiger charge is 2.04. The minimum absolute atomic E-state index is 0.243. The van der Waals surface area contributed by atoms with Crippen molar-refractivity contribution in [2.24, 2.45) is 5.84 Å². The number of nitrogens with two attached hydrogens (primary N) is 1. The zero-order valence-corrected chi connectivity index (χ0v) is 9.98. The van der Waals surface area contributed by atoms with Crippen molar-refractivity contribution in [3.8, 4) is 5.75 Å². The molecule has 0 fully saturated rings. The Morgan fingerprint density at radius 2 is 2.22 bits per heavy atom. The minimum Gasteiger partial charge on any atom is -0.489 e. The average molecular weight is 247 g/mol. The Morgan fingerprint density at radius 1 is 1.39 bits per heavy atom. The minimum atomic E-state index is -0.243. The van der Waals surface area contributed by atoms with Crippen molar-refractivity contribution in [2.75, 3.05) is 5.43 Å². The molecule has 0 atom stereocenters. The normalized spacial score (nSPS) is 10.2. The first-order valence-corrected chi connectivity index (χ1v) is 5.50. The molecular weight excluding hydrogens is 233 g/mol. The summed E-state index contributed by atoms with van der Waals surface area (Å²) in [4.78, 5) is 4.07. The summed E-state index contributed by atoms with van der Waals surface area (Å²) in [7, 11) is 0. The molecule has 0 aliphatic heterocycles. The molecule has 0 spiro atoms. The first-order chi connectivity index (χ1) is 8.70. The van der Waals surface area contributed by atoms with E-state index in [0.29, 0.717) is 23.7 Å². The van der Waals surface area contributed by atoms with Gasteiger partial charge >= 0.3 is 0 Å². The van der Waals surface area contributed by atoms with Crippen LogP contribution in [-0.2, 0) is 6.61 Å². The van der Waals surface area contributed by atoms with E-state index < -0.39 is 0 Å². The summed E-state index contributed by atoms with van der Waals surface area (Å²) in [5.74, 6) is 6.28. The number of aryl methyl sites for hydroxylation is 1. The molecule has 4 nitrogen and oxygen atoms in total. The second-order valence-corrected chi connectivity index (χ2v) is 3.86. The summed E-state index contributed by atoms with van der Waals surface area (Å²) >= 11 is 0. The van der Waals surface area contributed by atoms with Crippen LogP contribution in [-0.4, -0.2) is 4.98 Å². The van der Waals surface area contributed by atoms with E-state index in [9.17, 15) is 4.39 Å². The molecular formula is C13H14FN3O. The van der Waals surface area contributed by atoms with E-state index in [-0.39, 0.29) is 5.82 Å². The smallest absolute Gasteiger partial charge is 0.146 e. The maximum Gasteiger partial charge on any atom is 0.146 e. The quantitative estimate of drug-likeness (QED) is 0.643. The van der Waals surface area contributed by atoms with Crippen LogP contribution in [0.2, 0.25) is 0 Å². The van der Waals surface area contributed by atoms with Gasteiger partial charge in [0.1, 0.15) is 24.0 Å². The second kappa shape index (κ2) is 5.46. The largest absolute Gasteiger partial charge is 0.489 e. The number of hydrogen-bond acceptors (Lipinski definition) is 4. The van der Waals surface area contributed by atoms with Gasteiger partial charge in [-0.3, -0.25) is 0 Å². The Labute approximate surface area is 105 Å². The predicted octanol–water partition coefficient (Wildman–Crippen LogP) is 2.39. The zero-order valence-electron chi connectivity index (χ0n) is 9.98. The predicted molar refractivity (Wildman–Crippen MR) is 67.5 cm³/mol. The molecule has 3 N–H and O–H groups in total. The maximum atomic E-state index is 13.1. The van der Waals surface area contributed by atoms with Crippen LogP contribution >= 0.6 is 0 Å². The van der Waals surface area contributed by atoms with Crippen LogP contribution in [0.4, 0.5) is 10.2 Å². The highest BCUT2D eigenvalue weighted by molar-refractivity contribution is 5.42. The average Bonchev–Trinajstić information content (AvgIpc) is 2.40.